The first-order valence-corrected chi connectivity index (χ1v) is 11.3. The molecule has 0 radical (unpaired) electrons. The predicted molar refractivity (Wildman–Crippen MR) is 137 cm³/mol. The molecule has 34 heavy (non-hydrogen) atoms. The standard InChI is InChI=1S/C27H28N4O3/c1-3-31(4-2)17-26(34)28-20-8-10-21(11-9-20)29-27-24(18-5-12-22(32)13-6-18)15-19-7-14-23(33)16-25(19)30-27/h5-16,32-33H,3-4,17H2,1-2H3,(H,28,34)(H,29,30). The lowest BCUT2D eigenvalue weighted by Gasteiger charge is -2.17. The highest BCUT2D eigenvalue weighted by atomic mass is 16.3. The molecule has 3 aromatic carbocycles. The van der Waals surface area contributed by atoms with E-state index in [1.165, 1.54) is 0 Å². The summed E-state index contributed by atoms with van der Waals surface area (Å²) < 4.78 is 0. The maximum atomic E-state index is 12.3. The van der Waals surface area contributed by atoms with Crippen LogP contribution < -0.4 is 10.6 Å². The molecule has 0 bridgehead atoms. The van der Waals surface area contributed by atoms with Gasteiger partial charge >= 0.3 is 0 Å². The van der Waals surface area contributed by atoms with Gasteiger partial charge in [0.25, 0.3) is 0 Å². The van der Waals surface area contributed by atoms with Crippen LogP contribution in [0.25, 0.3) is 22.0 Å². The number of phenolic OH excluding ortho intramolecular Hbond substituents is 2. The molecule has 0 fully saturated rings. The largest absolute Gasteiger partial charge is 0.508 e. The van der Waals surface area contributed by atoms with E-state index in [1.54, 1.807) is 24.3 Å². The number of benzene rings is 3. The van der Waals surface area contributed by atoms with Gasteiger partial charge in [0.1, 0.15) is 17.3 Å². The first-order valence-electron chi connectivity index (χ1n) is 11.3. The summed E-state index contributed by atoms with van der Waals surface area (Å²) in [6, 6.07) is 21.4. The molecule has 1 aromatic heterocycles. The van der Waals surface area contributed by atoms with Crippen molar-refractivity contribution in [3.63, 3.8) is 0 Å². The van der Waals surface area contributed by atoms with Gasteiger partial charge in [0, 0.05) is 28.4 Å². The second-order valence-electron chi connectivity index (χ2n) is 8.02. The quantitative estimate of drug-likeness (QED) is 0.286. The van der Waals surface area contributed by atoms with E-state index in [-0.39, 0.29) is 17.4 Å². The lowest BCUT2D eigenvalue weighted by atomic mass is 10.0. The molecule has 0 aliphatic carbocycles. The van der Waals surface area contributed by atoms with E-state index < -0.39 is 0 Å². The molecule has 174 valence electrons. The van der Waals surface area contributed by atoms with Crippen LogP contribution in [-0.2, 0) is 4.79 Å². The van der Waals surface area contributed by atoms with Gasteiger partial charge < -0.3 is 20.8 Å². The Morgan fingerprint density at radius 1 is 0.853 bits per heavy atom. The van der Waals surface area contributed by atoms with Crippen molar-refractivity contribution in [1.82, 2.24) is 9.88 Å². The van der Waals surface area contributed by atoms with Crippen molar-refractivity contribution >= 4 is 34.0 Å². The van der Waals surface area contributed by atoms with Crippen molar-refractivity contribution in [2.75, 3.05) is 30.3 Å². The number of rotatable bonds is 8. The number of hydrogen-bond acceptors (Lipinski definition) is 6. The number of anilines is 3. The van der Waals surface area contributed by atoms with E-state index >= 15 is 0 Å². The minimum absolute atomic E-state index is 0.0463. The first kappa shape index (κ1) is 23.1. The van der Waals surface area contributed by atoms with Crippen LogP contribution in [0.15, 0.2) is 72.8 Å². The highest BCUT2D eigenvalue weighted by molar-refractivity contribution is 5.93. The number of nitrogens with zero attached hydrogens (tertiary/aromatic N) is 2. The third kappa shape index (κ3) is 5.44. The number of amides is 1. The van der Waals surface area contributed by atoms with E-state index in [9.17, 15) is 15.0 Å². The Morgan fingerprint density at radius 3 is 2.18 bits per heavy atom. The van der Waals surface area contributed by atoms with Crippen LogP contribution in [0.4, 0.5) is 17.2 Å². The fraction of sp³-hybridized carbons (Fsp3) is 0.185. The molecule has 0 aliphatic heterocycles. The van der Waals surface area contributed by atoms with Crippen molar-refractivity contribution in [3.05, 3.63) is 72.8 Å². The Hall–Kier alpha value is -4.10. The highest BCUT2D eigenvalue weighted by Crippen LogP contribution is 2.34. The van der Waals surface area contributed by atoms with Gasteiger partial charge in [-0.2, -0.15) is 0 Å². The summed E-state index contributed by atoms with van der Waals surface area (Å²) in [6.45, 7) is 6.08. The lowest BCUT2D eigenvalue weighted by molar-refractivity contribution is -0.117. The maximum absolute atomic E-state index is 12.3. The SMILES string of the molecule is CCN(CC)CC(=O)Nc1ccc(Nc2nc3cc(O)ccc3cc2-c2ccc(O)cc2)cc1. The van der Waals surface area contributed by atoms with Crippen LogP contribution in [-0.4, -0.2) is 45.6 Å². The molecule has 0 unspecified atom stereocenters. The van der Waals surface area contributed by atoms with E-state index in [1.807, 2.05) is 62.4 Å². The summed E-state index contributed by atoms with van der Waals surface area (Å²) in [7, 11) is 0. The minimum atomic E-state index is -0.0463. The van der Waals surface area contributed by atoms with Crippen LogP contribution in [0.2, 0.25) is 0 Å². The Bertz CT molecular complexity index is 1280. The highest BCUT2D eigenvalue weighted by Gasteiger charge is 2.12. The predicted octanol–water partition coefficient (Wildman–Crippen LogP) is 5.34. The van der Waals surface area contributed by atoms with Crippen LogP contribution in [0, 0.1) is 0 Å². The van der Waals surface area contributed by atoms with E-state index in [0.717, 1.165) is 41.0 Å². The number of likely N-dealkylation sites (N-methyl/N-ethyl adjacent to an activating group) is 1. The average Bonchev–Trinajstić information content (AvgIpc) is 2.84. The zero-order chi connectivity index (χ0) is 24.1. The fourth-order valence-electron chi connectivity index (χ4n) is 3.74. The number of hydrogen-bond donors (Lipinski definition) is 4. The molecule has 7 nitrogen and oxygen atoms in total. The summed E-state index contributed by atoms with van der Waals surface area (Å²) in [6.07, 6.45) is 0. The zero-order valence-corrected chi connectivity index (χ0v) is 19.2. The van der Waals surface area contributed by atoms with Gasteiger partial charge in [-0.3, -0.25) is 9.69 Å². The number of aromatic hydroxyl groups is 2. The Balaban J connectivity index is 1.60. The van der Waals surface area contributed by atoms with Gasteiger partial charge in [0.15, 0.2) is 0 Å². The molecular weight excluding hydrogens is 428 g/mol. The topological polar surface area (TPSA) is 97.7 Å². The van der Waals surface area contributed by atoms with Crippen molar-refractivity contribution in [2.24, 2.45) is 0 Å². The van der Waals surface area contributed by atoms with Gasteiger partial charge in [-0.1, -0.05) is 26.0 Å². The molecule has 1 amide bonds. The van der Waals surface area contributed by atoms with Crippen LogP contribution in [0.3, 0.4) is 0 Å². The molecule has 1 heterocycles. The van der Waals surface area contributed by atoms with Crippen LogP contribution in [0.5, 0.6) is 11.5 Å². The lowest BCUT2D eigenvalue weighted by Crippen LogP contribution is -2.32. The number of pyridine rings is 1. The Morgan fingerprint density at radius 2 is 1.50 bits per heavy atom. The minimum Gasteiger partial charge on any atom is -0.508 e. The average molecular weight is 457 g/mol. The third-order valence-corrected chi connectivity index (χ3v) is 5.67. The van der Waals surface area contributed by atoms with Crippen LogP contribution >= 0.6 is 0 Å². The summed E-state index contributed by atoms with van der Waals surface area (Å²) in [5, 5.41) is 26.7. The van der Waals surface area contributed by atoms with Crippen molar-refractivity contribution in [2.45, 2.75) is 13.8 Å². The normalized spacial score (nSPS) is 11.0. The number of aromatic nitrogens is 1. The van der Waals surface area contributed by atoms with Crippen molar-refractivity contribution in [3.8, 4) is 22.6 Å². The van der Waals surface area contributed by atoms with Crippen molar-refractivity contribution in [1.29, 1.82) is 0 Å². The van der Waals surface area contributed by atoms with E-state index in [4.69, 9.17) is 4.98 Å². The molecule has 0 spiro atoms. The smallest absolute Gasteiger partial charge is 0.238 e. The van der Waals surface area contributed by atoms with Gasteiger partial charge in [-0.25, -0.2) is 4.98 Å². The number of carbonyl (C=O) groups is 1. The third-order valence-electron chi connectivity index (χ3n) is 5.67. The number of nitrogens with one attached hydrogen (secondary N) is 2. The van der Waals surface area contributed by atoms with Gasteiger partial charge in [-0.15, -0.1) is 0 Å². The van der Waals surface area contributed by atoms with Gasteiger partial charge in [-0.05, 0) is 73.3 Å². The van der Waals surface area contributed by atoms with Crippen LogP contribution in [0.1, 0.15) is 13.8 Å². The summed E-state index contributed by atoms with van der Waals surface area (Å²) >= 11 is 0. The monoisotopic (exact) mass is 456 g/mol. The second-order valence-corrected chi connectivity index (χ2v) is 8.02. The molecule has 7 heteroatoms. The molecule has 4 rings (SSSR count). The number of phenols is 2. The van der Waals surface area contributed by atoms with Crippen molar-refractivity contribution < 1.29 is 15.0 Å². The maximum Gasteiger partial charge on any atom is 0.238 e. The second kappa shape index (κ2) is 10.2. The van der Waals surface area contributed by atoms with Gasteiger partial charge in [0.2, 0.25) is 5.91 Å². The molecular formula is C27H28N4O3. The number of carbonyl (C=O) groups excluding carboxylic acids is 1. The van der Waals surface area contributed by atoms with E-state index in [2.05, 4.69) is 15.5 Å². The molecule has 0 aliphatic rings. The molecule has 0 saturated heterocycles. The summed E-state index contributed by atoms with van der Waals surface area (Å²) in [5.41, 5.74) is 3.93. The summed E-state index contributed by atoms with van der Waals surface area (Å²) in [4.78, 5) is 19.1. The number of fused-ring (bicyclic) bond motifs is 1. The molecule has 0 saturated carbocycles. The molecule has 4 aromatic rings. The Kier molecular flexibility index (Phi) is 6.94. The zero-order valence-electron chi connectivity index (χ0n) is 19.2. The molecule has 0 atom stereocenters. The van der Waals surface area contributed by atoms with Gasteiger partial charge in [0.05, 0.1) is 12.1 Å². The van der Waals surface area contributed by atoms with E-state index in [0.29, 0.717) is 17.9 Å². The molecule has 4 N–H and O–H groups in total. The summed E-state index contributed by atoms with van der Waals surface area (Å²) in [5.74, 6) is 0.904. The first-order chi connectivity index (χ1) is 16.4. The Labute approximate surface area is 198 Å². The fourth-order valence-corrected chi connectivity index (χ4v) is 3.74.